The van der Waals surface area contributed by atoms with Gasteiger partial charge >= 0.3 is 0 Å². The van der Waals surface area contributed by atoms with Crippen molar-refractivity contribution >= 4 is 23.9 Å². The molecule has 0 saturated carbocycles. The zero-order valence-corrected chi connectivity index (χ0v) is 14.7. The summed E-state index contributed by atoms with van der Waals surface area (Å²) in [6, 6.07) is 5.07. The molecule has 8 nitrogen and oxygen atoms in total. The summed E-state index contributed by atoms with van der Waals surface area (Å²) in [5.74, 6) is 0.621. The maximum Gasteiger partial charge on any atom is 0.242 e. The minimum Gasteiger partial charge on any atom is -0.497 e. The fourth-order valence-corrected chi connectivity index (χ4v) is 2.69. The molecule has 136 valence electrons. The molecule has 1 aromatic rings. The molecule has 0 spiro atoms. The Kier molecular flexibility index (Phi) is 6.21. The summed E-state index contributed by atoms with van der Waals surface area (Å²) in [5.41, 5.74) is 0.510. The predicted octanol–water partition coefficient (Wildman–Crippen LogP) is 0.357. The van der Waals surface area contributed by atoms with Crippen molar-refractivity contribution in [3.05, 3.63) is 18.2 Å². The van der Waals surface area contributed by atoms with Crippen LogP contribution in [-0.2, 0) is 14.4 Å². The quantitative estimate of drug-likeness (QED) is 0.693. The second kappa shape index (κ2) is 8.36. The van der Waals surface area contributed by atoms with Gasteiger partial charge in [-0.3, -0.25) is 19.3 Å². The largest absolute Gasteiger partial charge is 0.497 e. The van der Waals surface area contributed by atoms with Crippen molar-refractivity contribution in [3.8, 4) is 11.5 Å². The van der Waals surface area contributed by atoms with Crippen molar-refractivity contribution in [1.29, 1.82) is 0 Å². The highest BCUT2D eigenvalue weighted by Gasteiger charge is 2.25. The zero-order valence-electron chi connectivity index (χ0n) is 14.7. The van der Waals surface area contributed by atoms with E-state index in [2.05, 4.69) is 0 Å². The summed E-state index contributed by atoms with van der Waals surface area (Å²) in [6.45, 7) is 3.24. The molecular formula is C17H23N3O5. The Balaban J connectivity index is 2.15. The molecule has 1 saturated heterocycles. The van der Waals surface area contributed by atoms with Crippen LogP contribution in [-0.4, -0.2) is 75.0 Å². The highest BCUT2D eigenvalue weighted by Crippen LogP contribution is 2.32. The van der Waals surface area contributed by atoms with Crippen molar-refractivity contribution in [2.24, 2.45) is 0 Å². The SMILES string of the molecule is COc1ccc(N(CC(=O)N2CCN(C=O)CC2)C(C)=O)c(OC)c1. The van der Waals surface area contributed by atoms with Gasteiger partial charge in [0.1, 0.15) is 18.0 Å². The molecule has 0 unspecified atom stereocenters. The maximum absolute atomic E-state index is 12.6. The molecule has 0 N–H and O–H groups in total. The third-order valence-electron chi connectivity index (χ3n) is 4.17. The summed E-state index contributed by atoms with van der Waals surface area (Å²) in [7, 11) is 3.04. The van der Waals surface area contributed by atoms with Crippen molar-refractivity contribution in [2.75, 3.05) is 51.8 Å². The van der Waals surface area contributed by atoms with Gasteiger partial charge in [-0.1, -0.05) is 0 Å². The Morgan fingerprint density at radius 1 is 1.16 bits per heavy atom. The lowest BCUT2D eigenvalue weighted by Gasteiger charge is -2.34. The highest BCUT2D eigenvalue weighted by atomic mass is 16.5. The number of ether oxygens (including phenoxy) is 2. The number of carbonyl (C=O) groups excluding carboxylic acids is 3. The van der Waals surface area contributed by atoms with Crippen LogP contribution < -0.4 is 14.4 Å². The fraction of sp³-hybridized carbons (Fsp3) is 0.471. The van der Waals surface area contributed by atoms with Gasteiger partial charge in [-0.15, -0.1) is 0 Å². The number of hydrogen-bond acceptors (Lipinski definition) is 5. The number of nitrogens with zero attached hydrogens (tertiary/aromatic N) is 3. The first-order chi connectivity index (χ1) is 12.0. The standard InChI is InChI=1S/C17H23N3O5/c1-13(22)20(15-5-4-14(24-2)10-16(15)25-3)11-17(23)19-8-6-18(12-21)7-9-19/h4-5,10,12H,6-9,11H2,1-3H3. The molecule has 1 fully saturated rings. The van der Waals surface area contributed by atoms with E-state index in [1.165, 1.54) is 18.9 Å². The molecule has 1 aliphatic heterocycles. The van der Waals surface area contributed by atoms with Crippen LogP contribution in [0.25, 0.3) is 0 Å². The van der Waals surface area contributed by atoms with Crippen LogP contribution in [0.15, 0.2) is 18.2 Å². The molecule has 1 aromatic carbocycles. The Labute approximate surface area is 146 Å². The number of amides is 3. The van der Waals surface area contributed by atoms with Crippen molar-refractivity contribution < 1.29 is 23.9 Å². The molecule has 0 aromatic heterocycles. The molecule has 0 atom stereocenters. The number of methoxy groups -OCH3 is 2. The molecule has 3 amide bonds. The Bertz CT molecular complexity index is 641. The third-order valence-corrected chi connectivity index (χ3v) is 4.17. The van der Waals surface area contributed by atoms with Crippen LogP contribution in [0, 0.1) is 0 Å². The Morgan fingerprint density at radius 2 is 1.84 bits per heavy atom. The van der Waals surface area contributed by atoms with Crippen LogP contribution >= 0.6 is 0 Å². The van der Waals surface area contributed by atoms with Gasteiger partial charge in [0, 0.05) is 39.2 Å². The lowest BCUT2D eigenvalue weighted by molar-refractivity contribution is -0.134. The van der Waals surface area contributed by atoms with Crippen LogP contribution in [0.4, 0.5) is 5.69 Å². The van der Waals surface area contributed by atoms with E-state index in [4.69, 9.17) is 9.47 Å². The second-order valence-corrected chi connectivity index (χ2v) is 5.67. The maximum atomic E-state index is 12.6. The third kappa shape index (κ3) is 4.40. The normalized spacial score (nSPS) is 14.0. The number of carbonyl (C=O) groups is 3. The van der Waals surface area contributed by atoms with Crippen molar-refractivity contribution in [1.82, 2.24) is 9.80 Å². The monoisotopic (exact) mass is 349 g/mol. The first-order valence-corrected chi connectivity index (χ1v) is 7.97. The Morgan fingerprint density at radius 3 is 2.36 bits per heavy atom. The van der Waals surface area contributed by atoms with E-state index < -0.39 is 0 Å². The summed E-state index contributed by atoms with van der Waals surface area (Å²) in [5, 5.41) is 0. The molecular weight excluding hydrogens is 326 g/mol. The zero-order chi connectivity index (χ0) is 18.4. The number of anilines is 1. The van der Waals surface area contributed by atoms with E-state index in [0.717, 1.165) is 6.41 Å². The summed E-state index contributed by atoms with van der Waals surface area (Å²) in [6.07, 6.45) is 0.784. The summed E-state index contributed by atoms with van der Waals surface area (Å²) >= 11 is 0. The van der Waals surface area contributed by atoms with E-state index in [-0.39, 0.29) is 18.4 Å². The van der Waals surface area contributed by atoms with Crippen LogP contribution in [0.2, 0.25) is 0 Å². The molecule has 25 heavy (non-hydrogen) atoms. The predicted molar refractivity (Wildman–Crippen MR) is 91.8 cm³/mol. The summed E-state index contributed by atoms with van der Waals surface area (Å²) < 4.78 is 10.5. The number of benzene rings is 1. The smallest absolute Gasteiger partial charge is 0.242 e. The average Bonchev–Trinajstić information content (AvgIpc) is 2.65. The molecule has 0 radical (unpaired) electrons. The van der Waals surface area contributed by atoms with E-state index in [1.807, 2.05) is 0 Å². The van der Waals surface area contributed by atoms with Crippen molar-refractivity contribution in [3.63, 3.8) is 0 Å². The van der Waals surface area contributed by atoms with Crippen LogP contribution in [0.5, 0.6) is 11.5 Å². The van der Waals surface area contributed by atoms with E-state index in [1.54, 1.807) is 35.1 Å². The first kappa shape index (κ1) is 18.6. The molecule has 1 aliphatic rings. The minimum atomic E-state index is -0.261. The molecule has 8 heteroatoms. The lowest BCUT2D eigenvalue weighted by Crippen LogP contribution is -2.51. The lowest BCUT2D eigenvalue weighted by atomic mass is 10.2. The molecule has 1 heterocycles. The van der Waals surface area contributed by atoms with Gasteiger partial charge in [-0.2, -0.15) is 0 Å². The van der Waals surface area contributed by atoms with Gasteiger partial charge in [0.25, 0.3) is 0 Å². The van der Waals surface area contributed by atoms with Gasteiger partial charge in [-0.25, -0.2) is 0 Å². The molecule has 0 aliphatic carbocycles. The molecule has 2 rings (SSSR count). The average molecular weight is 349 g/mol. The Hall–Kier alpha value is -2.77. The highest BCUT2D eigenvalue weighted by molar-refractivity contribution is 5.98. The fourth-order valence-electron chi connectivity index (χ4n) is 2.69. The van der Waals surface area contributed by atoms with E-state index in [0.29, 0.717) is 43.4 Å². The van der Waals surface area contributed by atoms with Gasteiger partial charge in [-0.05, 0) is 12.1 Å². The molecule has 0 bridgehead atoms. The number of hydrogen-bond donors (Lipinski definition) is 0. The first-order valence-electron chi connectivity index (χ1n) is 7.97. The van der Waals surface area contributed by atoms with Gasteiger partial charge < -0.3 is 19.3 Å². The topological polar surface area (TPSA) is 79.4 Å². The number of rotatable bonds is 6. The number of piperazine rings is 1. The van der Waals surface area contributed by atoms with Crippen molar-refractivity contribution in [2.45, 2.75) is 6.92 Å². The van der Waals surface area contributed by atoms with Crippen LogP contribution in [0.1, 0.15) is 6.92 Å². The van der Waals surface area contributed by atoms with E-state index in [9.17, 15) is 14.4 Å². The summed E-state index contributed by atoms with van der Waals surface area (Å²) in [4.78, 5) is 40.1. The van der Waals surface area contributed by atoms with E-state index >= 15 is 0 Å². The van der Waals surface area contributed by atoms with Gasteiger partial charge in [0.05, 0.1) is 19.9 Å². The van der Waals surface area contributed by atoms with Gasteiger partial charge in [0.2, 0.25) is 18.2 Å². The van der Waals surface area contributed by atoms with Gasteiger partial charge in [0.15, 0.2) is 0 Å². The minimum absolute atomic E-state index is 0.0842. The van der Waals surface area contributed by atoms with Crippen LogP contribution in [0.3, 0.4) is 0 Å². The second-order valence-electron chi connectivity index (χ2n) is 5.67.